The number of rotatable bonds is 2. The van der Waals surface area contributed by atoms with E-state index in [4.69, 9.17) is 16.3 Å². The summed E-state index contributed by atoms with van der Waals surface area (Å²) in [7, 11) is 1.48. The van der Waals surface area contributed by atoms with E-state index in [2.05, 4.69) is 11.8 Å². The summed E-state index contributed by atoms with van der Waals surface area (Å²) in [5, 5.41) is 10.3. The number of aromatic hydroxyl groups is 1. The average molecular weight is 287 g/mol. The summed E-state index contributed by atoms with van der Waals surface area (Å²) < 4.78 is 4.95. The molecule has 2 aromatic rings. The Morgan fingerprint density at radius 2 is 2.05 bits per heavy atom. The van der Waals surface area contributed by atoms with Crippen molar-refractivity contribution in [3.63, 3.8) is 0 Å². The van der Waals surface area contributed by atoms with Crippen LogP contribution in [0.4, 0.5) is 0 Å². The van der Waals surface area contributed by atoms with Crippen LogP contribution in [0, 0.1) is 11.8 Å². The lowest BCUT2D eigenvalue weighted by Crippen LogP contribution is -1.96. The summed E-state index contributed by atoms with van der Waals surface area (Å²) in [6.07, 6.45) is 0. The largest absolute Gasteiger partial charge is 0.507 e. The second-order valence-electron chi connectivity index (χ2n) is 3.97. The van der Waals surface area contributed by atoms with Gasteiger partial charge in [0, 0.05) is 16.7 Å². The molecule has 4 heteroatoms. The van der Waals surface area contributed by atoms with E-state index in [1.165, 1.54) is 19.2 Å². The van der Waals surface area contributed by atoms with E-state index in [-0.39, 0.29) is 11.3 Å². The molecule has 0 aromatic heterocycles. The number of carbonyl (C=O) groups excluding carboxylic acids is 1. The number of phenols is 1. The van der Waals surface area contributed by atoms with Gasteiger partial charge in [0.05, 0.1) is 12.7 Å². The van der Waals surface area contributed by atoms with E-state index in [1.54, 1.807) is 30.3 Å². The number of Topliss-reactive ketones (excluding diaryl/α,β-unsaturated/α-hetero) is 1. The molecule has 0 spiro atoms. The molecule has 0 aliphatic rings. The smallest absolute Gasteiger partial charge is 0.239 e. The number of ketones is 1. The monoisotopic (exact) mass is 286 g/mol. The van der Waals surface area contributed by atoms with Crippen LogP contribution in [-0.4, -0.2) is 18.0 Å². The number of ether oxygens (including phenoxy) is 1. The fourth-order valence-corrected chi connectivity index (χ4v) is 1.78. The van der Waals surface area contributed by atoms with Crippen molar-refractivity contribution in [2.75, 3.05) is 7.11 Å². The Morgan fingerprint density at radius 3 is 2.70 bits per heavy atom. The van der Waals surface area contributed by atoms with Gasteiger partial charge in [-0.2, -0.15) is 0 Å². The highest BCUT2D eigenvalue weighted by Crippen LogP contribution is 2.23. The molecule has 1 N–H and O–H groups in total. The maximum atomic E-state index is 11.9. The van der Waals surface area contributed by atoms with Gasteiger partial charge in [-0.25, -0.2) is 0 Å². The first-order valence-corrected chi connectivity index (χ1v) is 6.17. The van der Waals surface area contributed by atoms with Gasteiger partial charge in [-0.15, -0.1) is 0 Å². The Balaban J connectivity index is 2.25. The summed E-state index contributed by atoms with van der Waals surface area (Å²) in [5.41, 5.74) is 0.777. The van der Waals surface area contributed by atoms with Crippen molar-refractivity contribution in [2.24, 2.45) is 0 Å². The number of hydrogen-bond acceptors (Lipinski definition) is 3. The van der Waals surface area contributed by atoms with Crippen LogP contribution in [0.2, 0.25) is 5.02 Å². The SMILES string of the molecule is COc1ccc(C(=O)C#Cc2cccc(Cl)c2)c(O)c1. The zero-order valence-electron chi connectivity index (χ0n) is 10.7. The van der Waals surface area contributed by atoms with Crippen molar-refractivity contribution in [1.82, 2.24) is 0 Å². The van der Waals surface area contributed by atoms with E-state index in [0.29, 0.717) is 16.3 Å². The molecule has 0 unspecified atom stereocenters. The van der Waals surface area contributed by atoms with Crippen LogP contribution in [-0.2, 0) is 0 Å². The molecule has 0 aliphatic heterocycles. The minimum absolute atomic E-state index is 0.139. The molecule has 100 valence electrons. The fraction of sp³-hybridized carbons (Fsp3) is 0.0625. The molecular weight excluding hydrogens is 276 g/mol. The molecule has 0 amide bonds. The summed E-state index contributed by atoms with van der Waals surface area (Å²) in [6.45, 7) is 0. The zero-order valence-corrected chi connectivity index (χ0v) is 11.4. The molecule has 3 nitrogen and oxygen atoms in total. The molecule has 0 heterocycles. The van der Waals surface area contributed by atoms with Gasteiger partial charge in [0.2, 0.25) is 5.78 Å². The molecule has 2 aromatic carbocycles. The second-order valence-corrected chi connectivity index (χ2v) is 4.41. The van der Waals surface area contributed by atoms with Gasteiger partial charge in [-0.1, -0.05) is 23.6 Å². The normalized spacial score (nSPS) is 9.50. The highest BCUT2D eigenvalue weighted by Gasteiger charge is 2.09. The Hall–Kier alpha value is -2.44. The van der Waals surface area contributed by atoms with Crippen molar-refractivity contribution in [3.05, 3.63) is 58.6 Å². The number of methoxy groups -OCH3 is 1. The first-order chi connectivity index (χ1) is 9.60. The predicted molar refractivity (Wildman–Crippen MR) is 77.3 cm³/mol. The van der Waals surface area contributed by atoms with Crippen LogP contribution in [0.1, 0.15) is 15.9 Å². The first-order valence-electron chi connectivity index (χ1n) is 5.79. The Labute approximate surface area is 121 Å². The summed E-state index contributed by atoms with van der Waals surface area (Å²) >= 11 is 5.83. The maximum absolute atomic E-state index is 11.9. The van der Waals surface area contributed by atoms with Crippen LogP contribution in [0.5, 0.6) is 11.5 Å². The molecular formula is C16H11ClO3. The van der Waals surface area contributed by atoms with E-state index in [0.717, 1.165) is 0 Å². The predicted octanol–water partition coefficient (Wildman–Crippen LogP) is 3.29. The Bertz CT molecular complexity index is 711. The molecule has 0 bridgehead atoms. The maximum Gasteiger partial charge on any atom is 0.239 e. The van der Waals surface area contributed by atoms with Crippen molar-refractivity contribution in [3.8, 4) is 23.3 Å². The van der Waals surface area contributed by atoms with Gasteiger partial charge in [0.1, 0.15) is 11.5 Å². The van der Waals surface area contributed by atoms with Crippen molar-refractivity contribution in [1.29, 1.82) is 0 Å². The van der Waals surface area contributed by atoms with Crippen molar-refractivity contribution in [2.45, 2.75) is 0 Å². The van der Waals surface area contributed by atoms with Gasteiger partial charge >= 0.3 is 0 Å². The molecule has 0 radical (unpaired) electrons. The van der Waals surface area contributed by atoms with Crippen molar-refractivity contribution < 1.29 is 14.6 Å². The summed E-state index contributed by atoms with van der Waals surface area (Å²) in [5.74, 6) is 5.03. The molecule has 0 fully saturated rings. The number of benzene rings is 2. The third-order valence-electron chi connectivity index (χ3n) is 2.59. The van der Waals surface area contributed by atoms with Crippen molar-refractivity contribution >= 4 is 17.4 Å². The zero-order chi connectivity index (χ0) is 14.5. The molecule has 0 saturated carbocycles. The van der Waals surface area contributed by atoms with Crippen LogP contribution in [0.3, 0.4) is 0 Å². The lowest BCUT2D eigenvalue weighted by Gasteiger charge is -2.02. The minimum Gasteiger partial charge on any atom is -0.507 e. The number of carbonyl (C=O) groups is 1. The second kappa shape index (κ2) is 6.14. The number of hydrogen-bond donors (Lipinski definition) is 1. The third kappa shape index (κ3) is 3.31. The number of halogens is 1. The van der Waals surface area contributed by atoms with Gasteiger partial charge in [0.25, 0.3) is 0 Å². The fourth-order valence-electron chi connectivity index (χ4n) is 1.59. The highest BCUT2D eigenvalue weighted by molar-refractivity contribution is 6.30. The Morgan fingerprint density at radius 1 is 1.25 bits per heavy atom. The topological polar surface area (TPSA) is 46.5 Å². The highest BCUT2D eigenvalue weighted by atomic mass is 35.5. The average Bonchev–Trinajstić information content (AvgIpc) is 2.44. The van der Waals surface area contributed by atoms with Crippen LogP contribution >= 0.6 is 11.6 Å². The van der Waals surface area contributed by atoms with E-state index >= 15 is 0 Å². The van der Waals surface area contributed by atoms with Crippen LogP contribution < -0.4 is 4.74 Å². The lowest BCUT2D eigenvalue weighted by molar-refractivity contribution is 0.105. The Kier molecular flexibility index (Phi) is 4.29. The summed E-state index contributed by atoms with van der Waals surface area (Å²) in [6, 6.07) is 11.3. The van der Waals surface area contributed by atoms with E-state index in [9.17, 15) is 9.90 Å². The van der Waals surface area contributed by atoms with Crippen LogP contribution in [0.25, 0.3) is 0 Å². The lowest BCUT2D eigenvalue weighted by atomic mass is 10.1. The summed E-state index contributed by atoms with van der Waals surface area (Å²) in [4.78, 5) is 11.9. The third-order valence-corrected chi connectivity index (χ3v) is 2.83. The number of phenolic OH excluding ortho intramolecular Hbond substituents is 1. The molecule has 20 heavy (non-hydrogen) atoms. The van der Waals surface area contributed by atoms with Crippen LogP contribution in [0.15, 0.2) is 42.5 Å². The van der Waals surface area contributed by atoms with Gasteiger partial charge in [0.15, 0.2) is 0 Å². The molecule has 0 saturated heterocycles. The molecule has 0 atom stereocenters. The van der Waals surface area contributed by atoms with Gasteiger partial charge < -0.3 is 9.84 Å². The minimum atomic E-state index is -0.467. The quantitative estimate of drug-likeness (QED) is 0.681. The van der Waals surface area contributed by atoms with E-state index in [1.807, 2.05) is 0 Å². The standard InChI is InChI=1S/C16H11ClO3/c1-20-13-6-7-14(16(19)10-13)15(18)8-5-11-3-2-4-12(17)9-11/h2-4,6-7,9-10,19H,1H3. The molecule has 2 rings (SSSR count). The molecule has 0 aliphatic carbocycles. The van der Waals surface area contributed by atoms with Gasteiger partial charge in [-0.3, -0.25) is 4.79 Å². The van der Waals surface area contributed by atoms with E-state index < -0.39 is 5.78 Å². The van der Waals surface area contributed by atoms with Gasteiger partial charge in [-0.05, 0) is 36.3 Å². The first kappa shape index (κ1) is 14.0.